The SMILES string of the molecule is CCOC(=O)/C=C/CSc1nnc(N(C)C)s1. The van der Waals surface area contributed by atoms with Crippen molar-refractivity contribution in [1.82, 2.24) is 10.2 Å². The van der Waals surface area contributed by atoms with E-state index in [1.54, 1.807) is 24.8 Å². The number of thioether (sulfide) groups is 1. The average molecular weight is 273 g/mol. The first kappa shape index (κ1) is 14.0. The zero-order valence-electron chi connectivity index (χ0n) is 10.0. The molecule has 5 nitrogen and oxygen atoms in total. The fraction of sp³-hybridized carbons (Fsp3) is 0.500. The van der Waals surface area contributed by atoms with Crippen LogP contribution in [0.4, 0.5) is 5.13 Å². The van der Waals surface area contributed by atoms with E-state index >= 15 is 0 Å². The normalized spacial score (nSPS) is 10.8. The molecule has 0 fully saturated rings. The lowest BCUT2D eigenvalue weighted by Crippen LogP contribution is -2.07. The van der Waals surface area contributed by atoms with Crippen LogP contribution < -0.4 is 4.90 Å². The van der Waals surface area contributed by atoms with Crippen LogP contribution in [0.1, 0.15) is 6.92 Å². The topological polar surface area (TPSA) is 55.3 Å². The molecular weight excluding hydrogens is 258 g/mol. The Kier molecular flexibility index (Phi) is 5.99. The third-order valence-electron chi connectivity index (χ3n) is 1.62. The fourth-order valence-electron chi connectivity index (χ4n) is 0.896. The molecule has 1 aromatic rings. The van der Waals surface area contributed by atoms with Crippen LogP contribution >= 0.6 is 23.1 Å². The highest BCUT2D eigenvalue weighted by atomic mass is 32.2. The van der Waals surface area contributed by atoms with Crippen LogP contribution in [0, 0.1) is 0 Å². The third-order valence-corrected chi connectivity index (χ3v) is 3.80. The monoisotopic (exact) mass is 273 g/mol. The van der Waals surface area contributed by atoms with Gasteiger partial charge in [0.2, 0.25) is 5.13 Å². The number of carbonyl (C=O) groups is 1. The van der Waals surface area contributed by atoms with Crippen molar-refractivity contribution >= 4 is 34.2 Å². The lowest BCUT2D eigenvalue weighted by molar-refractivity contribution is -0.137. The van der Waals surface area contributed by atoms with Gasteiger partial charge in [-0.05, 0) is 6.92 Å². The summed E-state index contributed by atoms with van der Waals surface area (Å²) in [5.41, 5.74) is 0. The number of rotatable bonds is 6. The Morgan fingerprint density at radius 1 is 1.53 bits per heavy atom. The summed E-state index contributed by atoms with van der Waals surface area (Å²) in [5, 5.41) is 8.92. The Hall–Kier alpha value is -1.08. The summed E-state index contributed by atoms with van der Waals surface area (Å²) in [6.45, 7) is 2.18. The molecule has 94 valence electrons. The lowest BCUT2D eigenvalue weighted by Gasteiger charge is -2.03. The molecule has 0 aliphatic carbocycles. The zero-order valence-corrected chi connectivity index (χ0v) is 11.7. The van der Waals surface area contributed by atoms with Crippen LogP contribution in [0.25, 0.3) is 0 Å². The Morgan fingerprint density at radius 2 is 2.29 bits per heavy atom. The second kappa shape index (κ2) is 7.29. The van der Waals surface area contributed by atoms with Crippen molar-refractivity contribution in [2.24, 2.45) is 0 Å². The summed E-state index contributed by atoms with van der Waals surface area (Å²) in [7, 11) is 3.85. The van der Waals surface area contributed by atoms with Gasteiger partial charge in [-0.2, -0.15) is 0 Å². The minimum absolute atomic E-state index is 0.306. The number of hydrogen-bond acceptors (Lipinski definition) is 7. The van der Waals surface area contributed by atoms with E-state index in [4.69, 9.17) is 4.74 Å². The zero-order chi connectivity index (χ0) is 12.7. The molecule has 1 aromatic heterocycles. The average Bonchev–Trinajstić information content (AvgIpc) is 2.73. The van der Waals surface area contributed by atoms with Gasteiger partial charge in [-0.1, -0.05) is 29.2 Å². The van der Waals surface area contributed by atoms with Gasteiger partial charge in [0.05, 0.1) is 6.61 Å². The highest BCUT2D eigenvalue weighted by Gasteiger charge is 2.04. The van der Waals surface area contributed by atoms with E-state index in [-0.39, 0.29) is 5.97 Å². The number of aromatic nitrogens is 2. The molecule has 0 saturated carbocycles. The van der Waals surface area contributed by atoms with E-state index < -0.39 is 0 Å². The van der Waals surface area contributed by atoms with E-state index in [1.807, 2.05) is 19.0 Å². The van der Waals surface area contributed by atoms with Crippen molar-refractivity contribution in [3.63, 3.8) is 0 Å². The highest BCUT2D eigenvalue weighted by Crippen LogP contribution is 2.26. The molecule has 0 N–H and O–H groups in total. The van der Waals surface area contributed by atoms with E-state index in [2.05, 4.69) is 10.2 Å². The van der Waals surface area contributed by atoms with Gasteiger partial charge < -0.3 is 9.64 Å². The molecular formula is C10H15N3O2S2. The summed E-state index contributed by atoms with van der Waals surface area (Å²) in [4.78, 5) is 12.9. The maximum atomic E-state index is 11.0. The second-order valence-electron chi connectivity index (χ2n) is 3.21. The van der Waals surface area contributed by atoms with Gasteiger partial charge in [0.1, 0.15) is 0 Å². The molecule has 0 aliphatic heterocycles. The lowest BCUT2D eigenvalue weighted by atomic mass is 10.5. The van der Waals surface area contributed by atoms with Crippen molar-refractivity contribution in [2.45, 2.75) is 11.3 Å². The van der Waals surface area contributed by atoms with Gasteiger partial charge in [0.15, 0.2) is 4.34 Å². The van der Waals surface area contributed by atoms with Crippen molar-refractivity contribution in [2.75, 3.05) is 31.4 Å². The predicted molar refractivity (Wildman–Crippen MR) is 70.7 cm³/mol. The molecule has 0 spiro atoms. The van der Waals surface area contributed by atoms with Gasteiger partial charge in [-0.25, -0.2) is 4.79 Å². The first-order chi connectivity index (χ1) is 8.13. The summed E-state index contributed by atoms with van der Waals surface area (Å²) >= 11 is 3.07. The Balaban J connectivity index is 2.33. The molecule has 0 amide bonds. The maximum absolute atomic E-state index is 11.0. The van der Waals surface area contributed by atoms with Crippen molar-refractivity contribution in [1.29, 1.82) is 0 Å². The number of ether oxygens (including phenoxy) is 1. The minimum Gasteiger partial charge on any atom is -0.463 e. The molecule has 0 radical (unpaired) electrons. The summed E-state index contributed by atoms with van der Waals surface area (Å²) < 4.78 is 5.65. The van der Waals surface area contributed by atoms with Crippen molar-refractivity contribution < 1.29 is 9.53 Å². The highest BCUT2D eigenvalue weighted by molar-refractivity contribution is 8.01. The molecule has 17 heavy (non-hydrogen) atoms. The van der Waals surface area contributed by atoms with Crippen LogP contribution in [-0.2, 0) is 9.53 Å². The first-order valence-electron chi connectivity index (χ1n) is 5.10. The van der Waals surface area contributed by atoms with Gasteiger partial charge in [0, 0.05) is 25.9 Å². The molecule has 1 rings (SSSR count). The van der Waals surface area contributed by atoms with Crippen molar-refractivity contribution in [3.8, 4) is 0 Å². The van der Waals surface area contributed by atoms with E-state index in [0.29, 0.717) is 12.4 Å². The summed E-state index contributed by atoms with van der Waals surface area (Å²) in [6, 6.07) is 0. The fourth-order valence-corrected chi connectivity index (χ4v) is 2.49. The Morgan fingerprint density at radius 3 is 2.88 bits per heavy atom. The molecule has 0 aromatic carbocycles. The van der Waals surface area contributed by atoms with Gasteiger partial charge in [-0.3, -0.25) is 0 Å². The molecule has 7 heteroatoms. The minimum atomic E-state index is -0.306. The molecule has 0 bridgehead atoms. The summed E-state index contributed by atoms with van der Waals surface area (Å²) in [5.74, 6) is 0.375. The number of carbonyl (C=O) groups excluding carboxylic acids is 1. The van der Waals surface area contributed by atoms with E-state index in [1.165, 1.54) is 17.4 Å². The van der Waals surface area contributed by atoms with Crippen LogP contribution in [0.3, 0.4) is 0 Å². The Bertz CT molecular complexity index is 391. The quantitative estimate of drug-likeness (QED) is 0.448. The van der Waals surface area contributed by atoms with Crippen molar-refractivity contribution in [3.05, 3.63) is 12.2 Å². The largest absolute Gasteiger partial charge is 0.463 e. The smallest absolute Gasteiger partial charge is 0.330 e. The summed E-state index contributed by atoms with van der Waals surface area (Å²) in [6.07, 6.45) is 3.20. The number of esters is 1. The molecule has 1 heterocycles. The van der Waals surface area contributed by atoms with Crippen LogP contribution in [0.2, 0.25) is 0 Å². The van der Waals surface area contributed by atoms with Gasteiger partial charge in [0.25, 0.3) is 0 Å². The first-order valence-corrected chi connectivity index (χ1v) is 6.90. The van der Waals surface area contributed by atoms with Gasteiger partial charge >= 0.3 is 5.97 Å². The van der Waals surface area contributed by atoms with Gasteiger partial charge in [-0.15, -0.1) is 10.2 Å². The number of nitrogens with zero attached hydrogens (tertiary/aromatic N) is 3. The van der Waals surface area contributed by atoms with Crippen LogP contribution in [-0.4, -0.2) is 42.6 Å². The van der Waals surface area contributed by atoms with E-state index in [0.717, 1.165) is 9.47 Å². The molecule has 0 aliphatic rings. The molecule has 0 unspecified atom stereocenters. The van der Waals surface area contributed by atoms with Crippen LogP contribution in [0.5, 0.6) is 0 Å². The standard InChI is InChI=1S/C10H15N3O2S2/c1-4-15-8(14)6-5-7-16-10-12-11-9(17-10)13(2)3/h5-6H,4,7H2,1-3H3/b6-5+. The predicted octanol–water partition coefficient (Wildman–Crippen LogP) is 1.82. The second-order valence-corrected chi connectivity index (χ2v) is 5.43. The van der Waals surface area contributed by atoms with Crippen LogP contribution in [0.15, 0.2) is 16.5 Å². The molecule has 0 atom stereocenters. The number of hydrogen-bond donors (Lipinski definition) is 0. The third kappa shape index (κ3) is 5.18. The maximum Gasteiger partial charge on any atom is 0.330 e. The van der Waals surface area contributed by atoms with E-state index in [9.17, 15) is 4.79 Å². The molecule has 0 saturated heterocycles. The number of anilines is 1. The Labute approximate surface area is 109 Å².